The monoisotopic (exact) mass is 522 g/mol. The summed E-state index contributed by atoms with van der Waals surface area (Å²) < 4.78 is 39.0. The van der Waals surface area contributed by atoms with E-state index in [0.717, 1.165) is 24.8 Å². The molecule has 2 unspecified atom stereocenters. The van der Waals surface area contributed by atoms with Gasteiger partial charge in [0.1, 0.15) is 17.7 Å². The van der Waals surface area contributed by atoms with Gasteiger partial charge in [-0.15, -0.1) is 4.59 Å². The summed E-state index contributed by atoms with van der Waals surface area (Å²) >= 11 is 0. The molecule has 5 rings (SSSR count). The molecular formula is C26H23F3N7O2+. The van der Waals surface area contributed by atoms with Crippen molar-refractivity contribution in [3.8, 4) is 0 Å². The maximum absolute atomic E-state index is 13.3. The van der Waals surface area contributed by atoms with Crippen LogP contribution < -0.4 is 11.2 Å². The molecule has 2 atom stereocenters. The lowest BCUT2D eigenvalue weighted by Crippen LogP contribution is -2.53. The van der Waals surface area contributed by atoms with Gasteiger partial charge in [0.2, 0.25) is 11.6 Å². The Balaban J connectivity index is 1.54. The maximum atomic E-state index is 13.3. The van der Waals surface area contributed by atoms with Gasteiger partial charge in [0.15, 0.2) is 0 Å². The van der Waals surface area contributed by atoms with E-state index in [1.165, 1.54) is 18.3 Å². The van der Waals surface area contributed by atoms with Crippen LogP contribution in [0, 0.1) is 0 Å². The van der Waals surface area contributed by atoms with Gasteiger partial charge >= 0.3 is 6.18 Å². The Morgan fingerprint density at radius 1 is 1.24 bits per heavy atom. The molecule has 194 valence electrons. The Labute approximate surface area is 215 Å². The molecule has 3 N–H and O–H groups in total. The van der Waals surface area contributed by atoms with E-state index in [0.29, 0.717) is 35.8 Å². The average molecular weight is 523 g/mol. The molecule has 2 aromatic rings. The molecule has 38 heavy (non-hydrogen) atoms. The number of aliphatic imine (C=N–C) groups is 2. The van der Waals surface area contributed by atoms with Crippen molar-refractivity contribution >= 4 is 29.7 Å². The number of alkyl halides is 3. The molecule has 0 saturated carbocycles. The second kappa shape index (κ2) is 9.47. The third-order valence-electron chi connectivity index (χ3n) is 6.59. The van der Waals surface area contributed by atoms with Crippen molar-refractivity contribution in [1.82, 2.24) is 9.88 Å². The number of amides is 2. The Kier molecular flexibility index (Phi) is 6.29. The van der Waals surface area contributed by atoms with Crippen molar-refractivity contribution in [3.63, 3.8) is 0 Å². The Morgan fingerprint density at radius 2 is 2.03 bits per heavy atom. The Bertz CT molecular complexity index is 1460. The third-order valence-corrected chi connectivity index (χ3v) is 6.59. The molecular weight excluding hydrogens is 499 g/mol. The van der Waals surface area contributed by atoms with Crippen molar-refractivity contribution in [2.45, 2.75) is 25.1 Å². The van der Waals surface area contributed by atoms with E-state index in [1.54, 1.807) is 35.5 Å². The molecule has 0 spiro atoms. The van der Waals surface area contributed by atoms with Crippen LogP contribution in [0.2, 0.25) is 0 Å². The number of nitrogens with two attached hydrogens (primary N) is 1. The number of nitrogens with zero attached hydrogens (tertiary/aromatic N) is 5. The summed E-state index contributed by atoms with van der Waals surface area (Å²) in [7, 11) is 0. The lowest BCUT2D eigenvalue weighted by molar-refractivity contribution is -0.750. The molecule has 0 radical (unpaired) electrons. The van der Waals surface area contributed by atoms with Crippen LogP contribution >= 0.6 is 0 Å². The molecule has 2 amide bonds. The topological polar surface area (TPSA) is 113 Å². The fourth-order valence-electron chi connectivity index (χ4n) is 4.80. The number of nitrogens with one attached hydrogen (secondary N) is 1. The van der Waals surface area contributed by atoms with Gasteiger partial charge in [-0.05, 0) is 43.2 Å². The molecule has 9 nitrogen and oxygen atoms in total. The first kappa shape index (κ1) is 25.2. The minimum Gasteiger partial charge on any atom is -0.330 e. The minimum absolute atomic E-state index is 0.135. The van der Waals surface area contributed by atoms with Crippen LogP contribution in [0.25, 0.3) is 0 Å². The molecule has 1 aromatic carbocycles. The number of fused-ring (bicyclic) bond motifs is 1. The highest BCUT2D eigenvalue weighted by Gasteiger charge is 2.48. The number of amidine groups is 1. The van der Waals surface area contributed by atoms with Crippen molar-refractivity contribution in [3.05, 3.63) is 95.7 Å². The van der Waals surface area contributed by atoms with Crippen molar-refractivity contribution in [2.24, 2.45) is 15.8 Å². The summed E-state index contributed by atoms with van der Waals surface area (Å²) in [6, 6.07) is 7.72. The fourth-order valence-corrected chi connectivity index (χ4v) is 4.80. The van der Waals surface area contributed by atoms with Crippen LogP contribution in [0.4, 0.5) is 19.0 Å². The summed E-state index contributed by atoms with van der Waals surface area (Å²) in [5.41, 5.74) is 0.667. The van der Waals surface area contributed by atoms with Gasteiger partial charge < -0.3 is 10.2 Å². The van der Waals surface area contributed by atoms with E-state index in [-0.39, 0.29) is 23.3 Å². The second-order valence-electron chi connectivity index (χ2n) is 8.88. The van der Waals surface area contributed by atoms with Crippen LogP contribution in [0.3, 0.4) is 0 Å². The number of carbonyl (C=O) groups is 2. The minimum atomic E-state index is -4.59. The number of allylic oxidation sites excluding steroid dienone is 1. The summed E-state index contributed by atoms with van der Waals surface area (Å²) in [5, 5.41) is 2.44. The smallest absolute Gasteiger partial charge is 0.330 e. The number of quaternary nitrogens is 1. The Hall–Kier alpha value is -4.42. The van der Waals surface area contributed by atoms with Gasteiger partial charge in [-0.2, -0.15) is 24.0 Å². The predicted octanol–water partition coefficient (Wildman–Crippen LogP) is 3.75. The normalized spacial score (nSPS) is 22.4. The highest BCUT2D eigenvalue weighted by Crippen LogP contribution is 2.38. The lowest BCUT2D eigenvalue weighted by atomic mass is 10.0. The maximum Gasteiger partial charge on any atom is 0.416 e. The SMILES string of the molecule is C=CC(=O)N1CCCC1C1=C2C=NC=C[N+]2(N)C(c2ccccc2C(=O)Nc2cc(C(F)(F)F)ccn2)=N1. The van der Waals surface area contributed by atoms with Gasteiger partial charge in [0, 0.05) is 12.7 Å². The molecule has 0 aliphatic carbocycles. The van der Waals surface area contributed by atoms with Crippen LogP contribution in [-0.2, 0) is 11.0 Å². The predicted molar refractivity (Wildman–Crippen MR) is 134 cm³/mol. The molecule has 3 aliphatic rings. The van der Waals surface area contributed by atoms with Crippen LogP contribution in [-0.4, -0.2) is 50.9 Å². The first-order valence-electron chi connectivity index (χ1n) is 11.7. The van der Waals surface area contributed by atoms with Gasteiger partial charge in [-0.3, -0.25) is 14.6 Å². The molecule has 1 saturated heterocycles. The molecule has 1 aromatic heterocycles. The zero-order valence-electron chi connectivity index (χ0n) is 20.0. The first-order valence-corrected chi connectivity index (χ1v) is 11.7. The number of rotatable bonds is 5. The van der Waals surface area contributed by atoms with E-state index >= 15 is 0 Å². The number of benzene rings is 1. The zero-order valence-corrected chi connectivity index (χ0v) is 20.0. The molecule has 4 heterocycles. The number of carbonyl (C=O) groups excluding carboxylic acids is 2. The molecule has 3 aliphatic heterocycles. The third kappa shape index (κ3) is 4.33. The van der Waals surface area contributed by atoms with Crippen LogP contribution in [0.15, 0.2) is 89.0 Å². The number of hydrogen-bond donors (Lipinski definition) is 2. The number of anilines is 1. The Morgan fingerprint density at radius 3 is 2.79 bits per heavy atom. The van der Waals surface area contributed by atoms with Crippen molar-refractivity contribution in [1.29, 1.82) is 0 Å². The number of halogens is 3. The zero-order chi connectivity index (χ0) is 27.1. The van der Waals surface area contributed by atoms with Gasteiger partial charge in [0.05, 0.1) is 35.1 Å². The van der Waals surface area contributed by atoms with Gasteiger partial charge in [0.25, 0.3) is 11.7 Å². The lowest BCUT2D eigenvalue weighted by Gasteiger charge is -2.28. The average Bonchev–Trinajstić information content (AvgIpc) is 3.50. The summed E-state index contributed by atoms with van der Waals surface area (Å²) in [6.07, 6.45) is 3.78. The number of hydrogen-bond acceptors (Lipinski definition) is 6. The fraction of sp³-hybridized carbons (Fsp3) is 0.192. The van der Waals surface area contributed by atoms with Crippen molar-refractivity contribution < 1.29 is 27.4 Å². The largest absolute Gasteiger partial charge is 0.416 e. The van der Waals surface area contributed by atoms with Crippen LogP contribution in [0.5, 0.6) is 0 Å². The molecule has 0 bridgehead atoms. The van der Waals surface area contributed by atoms with E-state index in [4.69, 9.17) is 10.8 Å². The van der Waals surface area contributed by atoms with Gasteiger partial charge in [-0.1, -0.05) is 18.7 Å². The second-order valence-corrected chi connectivity index (χ2v) is 8.88. The summed E-state index contributed by atoms with van der Waals surface area (Å²) in [4.78, 5) is 40.4. The number of pyridine rings is 1. The van der Waals surface area contributed by atoms with E-state index < -0.39 is 22.2 Å². The van der Waals surface area contributed by atoms with E-state index in [2.05, 4.69) is 21.9 Å². The van der Waals surface area contributed by atoms with Gasteiger partial charge in [-0.25, -0.2) is 4.98 Å². The number of likely N-dealkylation sites (tertiary alicyclic amines) is 1. The quantitative estimate of drug-likeness (QED) is 0.354. The van der Waals surface area contributed by atoms with Crippen molar-refractivity contribution in [2.75, 3.05) is 11.9 Å². The highest BCUT2D eigenvalue weighted by atomic mass is 19.4. The highest BCUT2D eigenvalue weighted by molar-refractivity contribution is 6.13. The van der Waals surface area contributed by atoms with E-state index in [9.17, 15) is 22.8 Å². The summed E-state index contributed by atoms with van der Waals surface area (Å²) in [6.45, 7) is 4.13. The van der Waals surface area contributed by atoms with E-state index in [1.807, 2.05) is 0 Å². The first-order chi connectivity index (χ1) is 18.1. The molecule has 1 fully saturated rings. The standard InChI is InChI=1S/C26H22F3N7O2/c1-2-22(37)35-12-5-8-19(35)23-20-15-31-11-13-36(20,30)24(34-23)17-6-3-4-7-18(17)25(38)33-21-14-16(9-10-32-21)26(27,28)29/h2-4,6-7,9-11,13-15,19H,1,5,8,12,30H2/p+1. The summed E-state index contributed by atoms with van der Waals surface area (Å²) in [5.74, 6) is 5.96. The molecule has 12 heteroatoms. The number of aromatic nitrogens is 1. The van der Waals surface area contributed by atoms with Crippen LogP contribution in [0.1, 0.15) is 34.3 Å².